The molecular formula is C9H13N3S. The maximum atomic E-state index is 5.60. The van der Waals surface area contributed by atoms with Gasteiger partial charge in [0.25, 0.3) is 0 Å². The average Bonchev–Trinajstić information content (AvgIpc) is 2.66. The third-order valence-corrected chi connectivity index (χ3v) is 3.33. The molecule has 0 amide bonds. The largest absolute Gasteiger partial charge is 0.326 e. The summed E-state index contributed by atoms with van der Waals surface area (Å²) in [4.78, 5) is 2.48. The fraction of sp³-hybridized carbons (Fsp3) is 0.444. The Balaban J connectivity index is 2.68. The highest BCUT2D eigenvalue weighted by molar-refractivity contribution is 7.18. The van der Waals surface area contributed by atoms with Crippen molar-refractivity contribution in [2.24, 2.45) is 5.73 Å². The zero-order valence-electron chi connectivity index (χ0n) is 7.87. The van der Waals surface area contributed by atoms with Gasteiger partial charge in [-0.3, -0.25) is 4.68 Å². The third kappa shape index (κ3) is 1.26. The van der Waals surface area contributed by atoms with E-state index in [0.717, 1.165) is 12.2 Å². The number of hydrogen-bond donors (Lipinski definition) is 1. The fourth-order valence-corrected chi connectivity index (χ4v) is 2.58. The number of nitrogens with zero attached hydrogens (tertiary/aromatic N) is 2. The molecule has 70 valence electrons. The van der Waals surface area contributed by atoms with Crippen LogP contribution in [0.4, 0.5) is 0 Å². The number of thiophene rings is 1. The summed E-state index contributed by atoms with van der Waals surface area (Å²) in [6, 6.07) is 2.15. The number of aryl methyl sites for hydroxylation is 2. The first kappa shape index (κ1) is 8.72. The van der Waals surface area contributed by atoms with Crippen LogP contribution in [-0.4, -0.2) is 9.78 Å². The minimum Gasteiger partial charge on any atom is -0.326 e. The van der Waals surface area contributed by atoms with Crippen LogP contribution in [-0.2, 0) is 13.1 Å². The first-order valence-corrected chi connectivity index (χ1v) is 5.23. The van der Waals surface area contributed by atoms with Gasteiger partial charge in [0.1, 0.15) is 4.83 Å². The van der Waals surface area contributed by atoms with Gasteiger partial charge in [0.2, 0.25) is 0 Å². The van der Waals surface area contributed by atoms with Gasteiger partial charge < -0.3 is 5.73 Å². The van der Waals surface area contributed by atoms with Crippen molar-refractivity contribution in [3.05, 3.63) is 16.6 Å². The average molecular weight is 195 g/mol. The monoisotopic (exact) mass is 195 g/mol. The molecule has 0 bridgehead atoms. The van der Waals surface area contributed by atoms with Gasteiger partial charge in [0.15, 0.2) is 0 Å². The molecule has 0 fully saturated rings. The van der Waals surface area contributed by atoms with Crippen molar-refractivity contribution in [3.63, 3.8) is 0 Å². The minimum absolute atomic E-state index is 0.627. The topological polar surface area (TPSA) is 43.8 Å². The molecule has 2 N–H and O–H groups in total. The second-order valence-electron chi connectivity index (χ2n) is 3.04. The molecule has 0 spiro atoms. The van der Waals surface area contributed by atoms with E-state index in [2.05, 4.69) is 18.1 Å². The zero-order valence-corrected chi connectivity index (χ0v) is 8.69. The zero-order chi connectivity index (χ0) is 9.42. The molecule has 2 heterocycles. The molecule has 2 aromatic rings. The molecular weight excluding hydrogens is 182 g/mol. The molecule has 0 atom stereocenters. The Morgan fingerprint density at radius 1 is 1.62 bits per heavy atom. The van der Waals surface area contributed by atoms with Crippen LogP contribution in [0.5, 0.6) is 0 Å². The smallest absolute Gasteiger partial charge is 0.121 e. The van der Waals surface area contributed by atoms with Gasteiger partial charge in [-0.05, 0) is 19.9 Å². The highest BCUT2D eigenvalue weighted by Crippen LogP contribution is 2.27. The second kappa shape index (κ2) is 3.12. The van der Waals surface area contributed by atoms with Crippen LogP contribution in [0, 0.1) is 6.92 Å². The van der Waals surface area contributed by atoms with Gasteiger partial charge in [0, 0.05) is 23.4 Å². The normalized spacial score (nSPS) is 11.3. The Hall–Kier alpha value is -0.870. The number of hydrogen-bond acceptors (Lipinski definition) is 3. The van der Waals surface area contributed by atoms with Crippen LogP contribution >= 0.6 is 11.3 Å². The highest BCUT2D eigenvalue weighted by atomic mass is 32.1. The van der Waals surface area contributed by atoms with E-state index in [1.165, 1.54) is 15.1 Å². The lowest BCUT2D eigenvalue weighted by molar-refractivity contribution is 0.680. The lowest BCUT2D eigenvalue weighted by atomic mass is 10.3. The Labute approximate surface area is 81.2 Å². The quantitative estimate of drug-likeness (QED) is 0.795. The highest BCUT2D eigenvalue weighted by Gasteiger charge is 2.09. The summed E-state index contributed by atoms with van der Waals surface area (Å²) >= 11 is 1.74. The molecule has 2 aromatic heterocycles. The van der Waals surface area contributed by atoms with E-state index in [0.29, 0.717) is 6.54 Å². The maximum absolute atomic E-state index is 5.60. The van der Waals surface area contributed by atoms with Crippen molar-refractivity contribution in [1.82, 2.24) is 9.78 Å². The molecule has 2 rings (SSSR count). The fourth-order valence-electron chi connectivity index (χ4n) is 1.48. The minimum atomic E-state index is 0.627. The third-order valence-electron chi connectivity index (χ3n) is 2.16. The van der Waals surface area contributed by atoms with Crippen molar-refractivity contribution in [3.8, 4) is 0 Å². The SMILES string of the molecule is CCn1nc(C)c2cc(CN)sc21. The Morgan fingerprint density at radius 3 is 3.00 bits per heavy atom. The van der Waals surface area contributed by atoms with Crippen LogP contribution in [0.2, 0.25) is 0 Å². The van der Waals surface area contributed by atoms with Crippen LogP contribution in [0.3, 0.4) is 0 Å². The molecule has 13 heavy (non-hydrogen) atoms. The number of fused-ring (bicyclic) bond motifs is 1. The van der Waals surface area contributed by atoms with E-state index >= 15 is 0 Å². The second-order valence-corrected chi connectivity index (χ2v) is 4.15. The molecule has 0 saturated heterocycles. The summed E-state index contributed by atoms with van der Waals surface area (Å²) in [5, 5.41) is 5.69. The molecule has 4 heteroatoms. The van der Waals surface area contributed by atoms with Gasteiger partial charge in [-0.1, -0.05) is 0 Å². The summed E-state index contributed by atoms with van der Waals surface area (Å²) in [7, 11) is 0. The van der Waals surface area contributed by atoms with Crippen LogP contribution < -0.4 is 5.73 Å². The number of nitrogens with two attached hydrogens (primary N) is 1. The Bertz CT molecular complexity index is 427. The molecule has 0 saturated carbocycles. The van der Waals surface area contributed by atoms with Crippen molar-refractivity contribution < 1.29 is 0 Å². The summed E-state index contributed by atoms with van der Waals surface area (Å²) in [6.45, 7) is 5.70. The molecule has 0 radical (unpaired) electrons. The first-order chi connectivity index (χ1) is 6.26. The van der Waals surface area contributed by atoms with Gasteiger partial charge in [0.05, 0.1) is 5.69 Å². The van der Waals surface area contributed by atoms with Crippen LogP contribution in [0.25, 0.3) is 10.2 Å². The predicted octanol–water partition coefficient (Wildman–Crippen LogP) is 1.88. The van der Waals surface area contributed by atoms with E-state index in [4.69, 9.17) is 5.73 Å². The van der Waals surface area contributed by atoms with E-state index in [9.17, 15) is 0 Å². The molecule has 0 aromatic carbocycles. The predicted molar refractivity (Wildman–Crippen MR) is 55.9 cm³/mol. The Morgan fingerprint density at radius 2 is 2.38 bits per heavy atom. The van der Waals surface area contributed by atoms with Crippen LogP contribution in [0.1, 0.15) is 17.5 Å². The number of rotatable bonds is 2. The Kier molecular flexibility index (Phi) is 2.09. The van der Waals surface area contributed by atoms with Gasteiger partial charge >= 0.3 is 0 Å². The maximum Gasteiger partial charge on any atom is 0.121 e. The standard InChI is InChI=1S/C9H13N3S/c1-3-12-9-8(6(2)11-12)4-7(5-10)13-9/h4H,3,5,10H2,1-2H3. The van der Waals surface area contributed by atoms with E-state index in [1.54, 1.807) is 11.3 Å². The van der Waals surface area contributed by atoms with Crippen molar-refractivity contribution in [1.29, 1.82) is 0 Å². The van der Waals surface area contributed by atoms with Crippen molar-refractivity contribution in [2.75, 3.05) is 0 Å². The van der Waals surface area contributed by atoms with Gasteiger partial charge in [-0.15, -0.1) is 11.3 Å². The molecule has 0 aliphatic rings. The molecule has 3 nitrogen and oxygen atoms in total. The lowest BCUT2D eigenvalue weighted by Gasteiger charge is -1.93. The summed E-state index contributed by atoms with van der Waals surface area (Å²) in [5.74, 6) is 0. The van der Waals surface area contributed by atoms with Crippen LogP contribution in [0.15, 0.2) is 6.07 Å². The van der Waals surface area contributed by atoms with E-state index in [-0.39, 0.29) is 0 Å². The van der Waals surface area contributed by atoms with Crippen molar-refractivity contribution >= 4 is 21.6 Å². The first-order valence-electron chi connectivity index (χ1n) is 4.42. The van der Waals surface area contributed by atoms with E-state index < -0.39 is 0 Å². The summed E-state index contributed by atoms with van der Waals surface area (Å²) in [5.41, 5.74) is 6.70. The number of aromatic nitrogens is 2. The summed E-state index contributed by atoms with van der Waals surface area (Å²) < 4.78 is 2.04. The summed E-state index contributed by atoms with van der Waals surface area (Å²) in [6.07, 6.45) is 0. The lowest BCUT2D eigenvalue weighted by Crippen LogP contribution is -1.95. The van der Waals surface area contributed by atoms with Gasteiger partial charge in [-0.25, -0.2) is 0 Å². The van der Waals surface area contributed by atoms with Crippen molar-refractivity contribution in [2.45, 2.75) is 26.9 Å². The molecule has 0 aliphatic carbocycles. The van der Waals surface area contributed by atoms with E-state index in [1.807, 2.05) is 11.6 Å². The molecule has 0 aliphatic heterocycles. The van der Waals surface area contributed by atoms with Gasteiger partial charge in [-0.2, -0.15) is 5.10 Å². The molecule has 0 unspecified atom stereocenters.